The molecule has 22 heavy (non-hydrogen) atoms. The van der Waals surface area contributed by atoms with Crippen LogP contribution in [0.4, 0.5) is 0 Å². The molecule has 0 saturated heterocycles. The van der Waals surface area contributed by atoms with Gasteiger partial charge in [0.25, 0.3) is 0 Å². The van der Waals surface area contributed by atoms with Crippen molar-refractivity contribution in [2.45, 2.75) is 51.2 Å². The molecule has 1 aliphatic rings. The van der Waals surface area contributed by atoms with E-state index in [0.717, 1.165) is 30.0 Å². The quantitative estimate of drug-likeness (QED) is 0.866. The normalized spacial score (nSPS) is 17.6. The summed E-state index contributed by atoms with van der Waals surface area (Å²) in [6.07, 6.45) is 3.55. The van der Waals surface area contributed by atoms with Gasteiger partial charge in [0.05, 0.1) is 17.7 Å². The highest BCUT2D eigenvalue weighted by Gasteiger charge is 2.38. The number of aromatic nitrogens is 3. The van der Waals surface area contributed by atoms with Gasteiger partial charge in [0.15, 0.2) is 5.82 Å². The largest absolute Gasteiger partial charge is 0.372 e. The minimum Gasteiger partial charge on any atom is -0.372 e. The van der Waals surface area contributed by atoms with Crippen LogP contribution in [0.3, 0.4) is 0 Å². The fourth-order valence-corrected chi connectivity index (χ4v) is 3.20. The van der Waals surface area contributed by atoms with Crippen LogP contribution in [0.15, 0.2) is 9.90 Å². The van der Waals surface area contributed by atoms with Crippen molar-refractivity contribution in [3.05, 3.63) is 27.8 Å². The third-order valence-corrected chi connectivity index (χ3v) is 4.88. The van der Waals surface area contributed by atoms with Crippen LogP contribution in [0.25, 0.3) is 0 Å². The van der Waals surface area contributed by atoms with Crippen LogP contribution in [-0.2, 0) is 16.7 Å². The molecule has 8 heteroatoms. The summed E-state index contributed by atoms with van der Waals surface area (Å²) < 4.78 is 10.8. The van der Waals surface area contributed by atoms with Crippen LogP contribution in [0.2, 0.25) is 0 Å². The van der Waals surface area contributed by atoms with Crippen molar-refractivity contribution < 1.29 is 9.26 Å². The molecular formula is C14H21ClN4O2S. The van der Waals surface area contributed by atoms with E-state index < -0.39 is 0 Å². The van der Waals surface area contributed by atoms with E-state index in [9.17, 15) is 0 Å². The molecule has 2 aromatic heterocycles. The summed E-state index contributed by atoms with van der Waals surface area (Å²) in [7, 11) is 0. The molecule has 1 aliphatic carbocycles. The van der Waals surface area contributed by atoms with Crippen molar-refractivity contribution in [2.75, 3.05) is 6.61 Å². The van der Waals surface area contributed by atoms with Gasteiger partial charge in [0.1, 0.15) is 11.1 Å². The number of hydrogen-bond donors (Lipinski definition) is 1. The van der Waals surface area contributed by atoms with E-state index in [2.05, 4.69) is 15.1 Å². The van der Waals surface area contributed by atoms with Crippen molar-refractivity contribution in [3.63, 3.8) is 0 Å². The van der Waals surface area contributed by atoms with Crippen LogP contribution in [0, 0.1) is 0 Å². The molecule has 0 amide bonds. The molecule has 0 aliphatic heterocycles. The number of hydrogen-bond acceptors (Lipinski definition) is 7. The van der Waals surface area contributed by atoms with Gasteiger partial charge in [-0.25, -0.2) is 4.98 Å². The zero-order valence-electron chi connectivity index (χ0n) is 12.7. The van der Waals surface area contributed by atoms with Crippen LogP contribution < -0.4 is 5.73 Å². The van der Waals surface area contributed by atoms with Crippen LogP contribution in [0.5, 0.6) is 0 Å². The van der Waals surface area contributed by atoms with E-state index in [-0.39, 0.29) is 24.0 Å². The molecule has 0 radical (unpaired) electrons. The molecule has 0 spiro atoms. The maximum Gasteiger partial charge on any atom is 0.232 e. The molecule has 0 bridgehead atoms. The predicted molar refractivity (Wildman–Crippen MR) is 86.2 cm³/mol. The molecule has 122 valence electrons. The number of nitrogens with zero attached hydrogens (tertiary/aromatic N) is 3. The molecule has 0 aromatic carbocycles. The molecule has 1 saturated carbocycles. The average Bonchev–Trinajstić information content (AvgIpc) is 3.06. The lowest BCUT2D eigenvalue weighted by Gasteiger charge is -2.34. The first-order valence-electron chi connectivity index (χ1n) is 7.28. The van der Waals surface area contributed by atoms with Crippen LogP contribution in [0.1, 0.15) is 61.6 Å². The van der Waals surface area contributed by atoms with E-state index in [1.807, 2.05) is 19.2 Å². The molecular weight excluding hydrogens is 324 g/mol. The summed E-state index contributed by atoms with van der Waals surface area (Å²) >= 11 is 1.59. The van der Waals surface area contributed by atoms with E-state index in [4.69, 9.17) is 15.0 Å². The highest BCUT2D eigenvalue weighted by Crippen LogP contribution is 2.37. The van der Waals surface area contributed by atoms with E-state index in [1.165, 1.54) is 0 Å². The molecule has 2 heterocycles. The summed E-state index contributed by atoms with van der Waals surface area (Å²) in [4.78, 5) is 8.98. The predicted octanol–water partition coefficient (Wildman–Crippen LogP) is 2.97. The van der Waals surface area contributed by atoms with Crippen molar-refractivity contribution >= 4 is 23.7 Å². The zero-order chi connectivity index (χ0) is 14.9. The van der Waals surface area contributed by atoms with E-state index >= 15 is 0 Å². The lowest BCUT2D eigenvalue weighted by atomic mass is 9.77. The molecule has 3 rings (SSSR count). The monoisotopic (exact) mass is 344 g/mol. The van der Waals surface area contributed by atoms with Crippen LogP contribution >= 0.6 is 23.7 Å². The maximum absolute atomic E-state index is 6.19. The van der Waals surface area contributed by atoms with Gasteiger partial charge in [-0.2, -0.15) is 4.98 Å². The second-order valence-electron chi connectivity index (χ2n) is 5.47. The van der Waals surface area contributed by atoms with Crippen molar-refractivity contribution in [1.82, 2.24) is 15.1 Å². The first kappa shape index (κ1) is 17.3. The first-order valence-corrected chi connectivity index (χ1v) is 8.16. The Bertz CT molecular complexity index is 612. The zero-order valence-corrected chi connectivity index (χ0v) is 14.4. The number of halogens is 1. The lowest BCUT2D eigenvalue weighted by Crippen LogP contribution is -2.44. The Morgan fingerprint density at radius 1 is 1.45 bits per heavy atom. The fraction of sp³-hybridized carbons (Fsp3) is 0.643. The number of rotatable bonds is 6. The molecule has 2 aromatic rings. The standard InChI is InChI=1S/C14H20N4O2S.ClH/c1-3-19-9(2)12-16-10(8-21-12)7-11-17-13(18-20-11)14(15)5-4-6-14;/h8-9H,3-7,15H2,1-2H3;1H. The minimum atomic E-state index is -0.377. The summed E-state index contributed by atoms with van der Waals surface area (Å²) in [5.41, 5.74) is 6.74. The topological polar surface area (TPSA) is 87.1 Å². The number of thiazole rings is 1. The highest BCUT2D eigenvalue weighted by molar-refractivity contribution is 7.09. The Kier molecular flexibility index (Phi) is 5.55. The van der Waals surface area contributed by atoms with Gasteiger partial charge in [-0.05, 0) is 33.1 Å². The average molecular weight is 345 g/mol. The van der Waals surface area contributed by atoms with E-state index in [0.29, 0.717) is 24.7 Å². The van der Waals surface area contributed by atoms with Gasteiger partial charge >= 0.3 is 0 Å². The SMILES string of the molecule is CCOC(C)c1nc(Cc2nc(C3(N)CCC3)no2)cs1.Cl. The molecule has 1 unspecified atom stereocenters. The van der Waals surface area contributed by atoms with E-state index in [1.54, 1.807) is 11.3 Å². The van der Waals surface area contributed by atoms with Gasteiger partial charge in [0.2, 0.25) is 5.89 Å². The van der Waals surface area contributed by atoms with Gasteiger partial charge in [-0.3, -0.25) is 0 Å². The van der Waals surface area contributed by atoms with Crippen LogP contribution in [-0.4, -0.2) is 21.7 Å². The Hall–Kier alpha value is -1.02. The van der Waals surface area contributed by atoms with Gasteiger partial charge in [-0.1, -0.05) is 5.16 Å². The Morgan fingerprint density at radius 3 is 2.86 bits per heavy atom. The lowest BCUT2D eigenvalue weighted by molar-refractivity contribution is 0.0761. The Balaban J connectivity index is 0.00000176. The van der Waals surface area contributed by atoms with Crippen molar-refractivity contribution in [2.24, 2.45) is 5.73 Å². The smallest absolute Gasteiger partial charge is 0.232 e. The highest BCUT2D eigenvalue weighted by atomic mass is 35.5. The summed E-state index contributed by atoms with van der Waals surface area (Å²) in [5, 5.41) is 7.00. The number of ether oxygens (including phenoxy) is 1. The maximum atomic E-state index is 6.19. The second-order valence-corrected chi connectivity index (χ2v) is 6.36. The molecule has 2 N–H and O–H groups in total. The van der Waals surface area contributed by atoms with Gasteiger partial charge < -0.3 is 15.0 Å². The summed E-state index contributed by atoms with van der Waals surface area (Å²) in [6.45, 7) is 4.67. The Labute approximate surface area is 139 Å². The van der Waals surface area contributed by atoms with Gasteiger partial charge in [0, 0.05) is 12.0 Å². The van der Waals surface area contributed by atoms with Gasteiger partial charge in [-0.15, -0.1) is 23.7 Å². The minimum absolute atomic E-state index is 0. The second kappa shape index (κ2) is 7.04. The number of nitrogens with two attached hydrogens (primary N) is 1. The summed E-state index contributed by atoms with van der Waals surface area (Å²) in [6, 6.07) is 0. The third-order valence-electron chi connectivity index (χ3n) is 3.83. The van der Waals surface area contributed by atoms with Crippen molar-refractivity contribution in [1.29, 1.82) is 0 Å². The molecule has 1 fully saturated rings. The Morgan fingerprint density at radius 2 is 2.23 bits per heavy atom. The molecule has 1 atom stereocenters. The fourth-order valence-electron chi connectivity index (χ4n) is 2.38. The third kappa shape index (κ3) is 3.48. The molecule has 6 nitrogen and oxygen atoms in total. The van der Waals surface area contributed by atoms with Crippen molar-refractivity contribution in [3.8, 4) is 0 Å². The first-order chi connectivity index (χ1) is 10.1. The summed E-state index contributed by atoms with van der Waals surface area (Å²) in [5.74, 6) is 1.20.